The minimum atomic E-state index is -0.619. The second-order valence-electron chi connectivity index (χ2n) is 7.53. The zero-order chi connectivity index (χ0) is 20.3. The van der Waals surface area contributed by atoms with Crippen molar-refractivity contribution in [3.05, 3.63) is 34.3 Å². The van der Waals surface area contributed by atoms with Crippen LogP contribution in [0.3, 0.4) is 0 Å². The fraction of sp³-hybridized carbons (Fsp3) is 0.550. The lowest BCUT2D eigenvalue weighted by molar-refractivity contribution is -0.135. The smallest absolute Gasteiger partial charge is 0.407 e. The lowest BCUT2D eigenvalue weighted by Gasteiger charge is -2.30. The molecule has 2 N–H and O–H groups in total. The number of ether oxygens (including phenoxy) is 1. The molecule has 0 aromatic carbocycles. The van der Waals surface area contributed by atoms with Gasteiger partial charge in [-0.3, -0.25) is 4.79 Å². The molecule has 2 unspecified atom stereocenters. The third-order valence-corrected chi connectivity index (χ3v) is 5.94. The van der Waals surface area contributed by atoms with Crippen molar-refractivity contribution in [2.75, 3.05) is 13.7 Å². The third kappa shape index (κ3) is 4.48. The largest absolute Gasteiger partial charge is 0.453 e. The van der Waals surface area contributed by atoms with E-state index in [2.05, 4.69) is 48.1 Å². The Morgan fingerprint density at radius 1 is 1.36 bits per heavy atom. The Balaban J connectivity index is 1.77. The number of amides is 2. The van der Waals surface area contributed by atoms with Crippen LogP contribution >= 0.6 is 15.9 Å². The van der Waals surface area contributed by atoms with Crippen LogP contribution in [0, 0.1) is 5.92 Å². The second-order valence-corrected chi connectivity index (χ2v) is 8.55. The van der Waals surface area contributed by atoms with E-state index in [9.17, 15) is 9.59 Å². The summed E-state index contributed by atoms with van der Waals surface area (Å²) in [5, 5.41) is 2.67. The monoisotopic (exact) mass is 450 g/mol. The molecule has 2 aliphatic rings. The van der Waals surface area contributed by atoms with Crippen LogP contribution in [0.5, 0.6) is 0 Å². The summed E-state index contributed by atoms with van der Waals surface area (Å²) in [6.45, 7) is 4.48. The maximum atomic E-state index is 13.2. The molecule has 7 nitrogen and oxygen atoms in total. The predicted molar refractivity (Wildman–Crippen MR) is 111 cm³/mol. The summed E-state index contributed by atoms with van der Waals surface area (Å²) in [6, 6.07) is -0.723. The van der Waals surface area contributed by atoms with Gasteiger partial charge >= 0.3 is 6.09 Å². The first-order valence-corrected chi connectivity index (χ1v) is 10.5. The molecule has 1 saturated heterocycles. The Kier molecular flexibility index (Phi) is 6.59. The zero-order valence-corrected chi connectivity index (χ0v) is 18.1. The fourth-order valence-electron chi connectivity index (χ4n) is 3.70. The van der Waals surface area contributed by atoms with E-state index in [1.807, 2.05) is 24.9 Å². The first kappa shape index (κ1) is 20.6. The van der Waals surface area contributed by atoms with Crippen molar-refractivity contribution in [3.63, 3.8) is 0 Å². The summed E-state index contributed by atoms with van der Waals surface area (Å²) in [6.07, 6.45) is 9.11. The third-order valence-electron chi connectivity index (χ3n) is 5.28. The van der Waals surface area contributed by atoms with E-state index >= 15 is 0 Å². The summed E-state index contributed by atoms with van der Waals surface area (Å²) in [7, 11) is 1.30. The van der Waals surface area contributed by atoms with E-state index in [0.29, 0.717) is 6.54 Å². The van der Waals surface area contributed by atoms with Crippen molar-refractivity contribution >= 4 is 33.5 Å². The fourth-order valence-corrected chi connectivity index (χ4v) is 4.03. The SMILES string of the molecule is COC(=O)NC(C(=O)N1CCCC1c1ncc(C2=CC=C(Br)CC2)[nH]1)C(C)C. The van der Waals surface area contributed by atoms with Gasteiger partial charge in [-0.2, -0.15) is 0 Å². The summed E-state index contributed by atoms with van der Waals surface area (Å²) in [4.78, 5) is 34.6. The van der Waals surface area contributed by atoms with Crippen molar-refractivity contribution in [2.45, 2.75) is 51.6 Å². The highest BCUT2D eigenvalue weighted by Crippen LogP contribution is 2.33. The number of carbonyl (C=O) groups excluding carboxylic acids is 2. The number of halogens is 1. The number of hydrogen-bond acceptors (Lipinski definition) is 4. The van der Waals surface area contributed by atoms with Crippen LogP contribution in [0.4, 0.5) is 4.79 Å². The van der Waals surface area contributed by atoms with Crippen LogP contribution < -0.4 is 5.32 Å². The zero-order valence-electron chi connectivity index (χ0n) is 16.5. The maximum absolute atomic E-state index is 13.2. The van der Waals surface area contributed by atoms with Crippen LogP contribution in [-0.4, -0.2) is 46.6 Å². The number of aromatic amines is 1. The van der Waals surface area contributed by atoms with E-state index < -0.39 is 12.1 Å². The number of imidazole rings is 1. The van der Waals surface area contributed by atoms with Gasteiger partial charge in [0.25, 0.3) is 0 Å². The van der Waals surface area contributed by atoms with Crippen LogP contribution in [0.15, 0.2) is 22.8 Å². The number of hydrogen-bond donors (Lipinski definition) is 2. The van der Waals surface area contributed by atoms with Gasteiger partial charge in [0.1, 0.15) is 11.9 Å². The molecule has 1 aliphatic heterocycles. The Bertz CT molecular complexity index is 799. The van der Waals surface area contributed by atoms with E-state index in [0.717, 1.165) is 37.2 Å². The summed E-state index contributed by atoms with van der Waals surface area (Å²) < 4.78 is 5.88. The van der Waals surface area contributed by atoms with Gasteiger partial charge < -0.3 is 19.9 Å². The Labute approximate surface area is 173 Å². The molecule has 0 bridgehead atoms. The molecule has 0 radical (unpaired) electrons. The summed E-state index contributed by atoms with van der Waals surface area (Å²) in [5.41, 5.74) is 2.21. The molecule has 2 atom stereocenters. The van der Waals surface area contributed by atoms with E-state index in [-0.39, 0.29) is 17.9 Å². The molecule has 1 fully saturated rings. The molecule has 152 valence electrons. The average Bonchev–Trinajstić information content (AvgIpc) is 3.34. The molecule has 2 amide bonds. The minimum Gasteiger partial charge on any atom is -0.453 e. The average molecular weight is 451 g/mol. The topological polar surface area (TPSA) is 87.3 Å². The van der Waals surface area contributed by atoms with Gasteiger partial charge in [0.15, 0.2) is 0 Å². The summed E-state index contributed by atoms with van der Waals surface area (Å²) >= 11 is 3.53. The first-order chi connectivity index (χ1) is 13.4. The van der Waals surface area contributed by atoms with E-state index in [1.54, 1.807) is 0 Å². The molecule has 3 rings (SSSR count). The van der Waals surface area contributed by atoms with Crippen molar-refractivity contribution in [2.24, 2.45) is 5.92 Å². The molecule has 1 aromatic heterocycles. The highest BCUT2D eigenvalue weighted by molar-refractivity contribution is 9.11. The molecule has 0 saturated carbocycles. The van der Waals surface area contributed by atoms with Crippen LogP contribution in [0.25, 0.3) is 5.57 Å². The molecule has 8 heteroatoms. The second kappa shape index (κ2) is 8.94. The van der Waals surface area contributed by atoms with E-state index in [4.69, 9.17) is 0 Å². The molecule has 1 aromatic rings. The molecule has 2 heterocycles. The number of carbonyl (C=O) groups is 2. The number of allylic oxidation sites excluding steroid dienone is 4. The molecule has 28 heavy (non-hydrogen) atoms. The van der Waals surface area contributed by atoms with Crippen molar-refractivity contribution in [1.82, 2.24) is 20.2 Å². The lowest BCUT2D eigenvalue weighted by Crippen LogP contribution is -2.51. The molecular weight excluding hydrogens is 424 g/mol. The van der Waals surface area contributed by atoms with Gasteiger partial charge in [0.05, 0.1) is 25.0 Å². The van der Waals surface area contributed by atoms with Gasteiger partial charge in [-0.1, -0.05) is 41.9 Å². The van der Waals surface area contributed by atoms with Crippen LogP contribution in [-0.2, 0) is 9.53 Å². The number of methoxy groups -OCH3 is 1. The van der Waals surface area contributed by atoms with Gasteiger partial charge in [-0.05, 0) is 41.7 Å². The lowest BCUT2D eigenvalue weighted by atomic mass is 10.0. The number of alkyl carbamates (subject to hydrolysis) is 1. The predicted octanol–water partition coefficient (Wildman–Crippen LogP) is 3.91. The van der Waals surface area contributed by atoms with Crippen molar-refractivity contribution in [1.29, 1.82) is 0 Å². The standard InChI is InChI=1S/C20H27BrN4O3/c1-12(2)17(24-20(27)28-3)19(26)25-10-4-5-16(25)18-22-11-15(23-18)13-6-8-14(21)9-7-13/h6,8,11-12,16-17H,4-5,7,9-10H2,1-3H3,(H,22,23)(H,24,27). The first-order valence-electron chi connectivity index (χ1n) is 9.66. The van der Waals surface area contributed by atoms with Crippen LogP contribution in [0.1, 0.15) is 57.1 Å². The highest BCUT2D eigenvalue weighted by Gasteiger charge is 2.37. The highest BCUT2D eigenvalue weighted by atomic mass is 79.9. The van der Waals surface area contributed by atoms with Crippen molar-refractivity contribution < 1.29 is 14.3 Å². The number of rotatable bonds is 5. The maximum Gasteiger partial charge on any atom is 0.407 e. The van der Waals surface area contributed by atoms with Gasteiger partial charge in [0, 0.05) is 6.54 Å². The molecular formula is C20H27BrN4O3. The Morgan fingerprint density at radius 2 is 2.14 bits per heavy atom. The summed E-state index contributed by atoms with van der Waals surface area (Å²) in [5.74, 6) is 0.665. The number of nitrogens with one attached hydrogen (secondary N) is 2. The molecule has 0 spiro atoms. The number of nitrogens with zero attached hydrogens (tertiary/aromatic N) is 2. The normalized spacial score (nSPS) is 20.6. The number of likely N-dealkylation sites (tertiary alicyclic amines) is 1. The van der Waals surface area contributed by atoms with E-state index in [1.165, 1.54) is 17.2 Å². The minimum absolute atomic E-state index is 0.0439. The van der Waals surface area contributed by atoms with Gasteiger partial charge in [-0.15, -0.1) is 0 Å². The van der Waals surface area contributed by atoms with Crippen molar-refractivity contribution in [3.8, 4) is 0 Å². The van der Waals surface area contributed by atoms with Gasteiger partial charge in [0.2, 0.25) is 5.91 Å². The van der Waals surface area contributed by atoms with Gasteiger partial charge in [-0.25, -0.2) is 9.78 Å². The number of aromatic nitrogens is 2. The Morgan fingerprint density at radius 3 is 2.79 bits per heavy atom. The number of H-pyrrole nitrogens is 1. The van der Waals surface area contributed by atoms with Crippen LogP contribution in [0.2, 0.25) is 0 Å². The Hall–Kier alpha value is -2.09. The molecule has 1 aliphatic carbocycles. The quantitative estimate of drug-likeness (QED) is 0.711.